The molecule has 0 amide bonds. The van der Waals surface area contributed by atoms with Crippen molar-refractivity contribution >= 4 is 46.0 Å². The fourth-order valence-electron chi connectivity index (χ4n) is 3.57. The van der Waals surface area contributed by atoms with Gasteiger partial charge in [-0.15, -0.1) is 6.58 Å². The largest absolute Gasteiger partial charge is 0.358 e. The van der Waals surface area contributed by atoms with Crippen LogP contribution in [0.5, 0.6) is 0 Å². The quantitative estimate of drug-likeness (QED) is 0.309. The van der Waals surface area contributed by atoms with E-state index in [1.165, 1.54) is 5.56 Å². The number of nitrogens with zero attached hydrogens (tertiary/aromatic N) is 2. The van der Waals surface area contributed by atoms with E-state index >= 15 is 0 Å². The Labute approximate surface area is 168 Å². The SMILES string of the molecule is C=CCN1CCC2(CC1)OCCN2S(=O)(I)(I)c1ccc(C)cc1. The lowest BCUT2D eigenvalue weighted by molar-refractivity contribution is -0.0880. The predicted octanol–water partition coefficient (Wildman–Crippen LogP) is 4.10. The molecule has 7 heteroatoms. The zero-order valence-electron chi connectivity index (χ0n) is 13.9. The summed E-state index contributed by atoms with van der Waals surface area (Å²) in [6.07, 6.45) is 3.71. The Bertz CT molecular complexity index is 678. The summed E-state index contributed by atoms with van der Waals surface area (Å²) in [5, 5.41) is 0. The lowest BCUT2D eigenvalue weighted by atomic mass is 10.0. The Morgan fingerprint density at radius 3 is 2.46 bits per heavy atom. The molecule has 0 N–H and O–H groups in total. The van der Waals surface area contributed by atoms with Gasteiger partial charge in [-0.3, -0.25) is 4.90 Å². The van der Waals surface area contributed by atoms with Gasteiger partial charge in [0.25, 0.3) is 0 Å². The zero-order chi connectivity index (χ0) is 17.4. The van der Waals surface area contributed by atoms with Gasteiger partial charge in [0.15, 0.2) is 0 Å². The first kappa shape index (κ1) is 19.2. The third kappa shape index (κ3) is 3.48. The van der Waals surface area contributed by atoms with E-state index in [4.69, 9.17) is 4.74 Å². The molecule has 0 aliphatic carbocycles. The Balaban J connectivity index is 1.91. The van der Waals surface area contributed by atoms with Crippen molar-refractivity contribution in [3.63, 3.8) is 0 Å². The summed E-state index contributed by atoms with van der Waals surface area (Å²) in [5.41, 5.74) is 0.772. The van der Waals surface area contributed by atoms with Crippen molar-refractivity contribution in [2.75, 3.05) is 32.8 Å². The summed E-state index contributed by atoms with van der Waals surface area (Å²) >= 11 is 4.36. The Morgan fingerprint density at radius 1 is 1.25 bits per heavy atom. The standard InChI is InChI=1S/C17H24I2N2O2S/c1-3-10-20-11-8-17(9-12-20)21(13-14-23-17)24(18,19,22)16-6-4-15(2)5-7-16/h3-7H,1,8-14H2,2H3. The van der Waals surface area contributed by atoms with Crippen molar-refractivity contribution in [2.45, 2.75) is 30.4 Å². The summed E-state index contributed by atoms with van der Waals surface area (Å²) in [7, 11) is 0. The Hall–Kier alpha value is 0.450. The molecule has 2 fully saturated rings. The van der Waals surface area contributed by atoms with Gasteiger partial charge in [-0.05, 0) is 19.1 Å². The number of rotatable bonds is 4. The van der Waals surface area contributed by atoms with Crippen LogP contribution in [0.15, 0.2) is 41.8 Å². The van der Waals surface area contributed by atoms with Crippen LogP contribution in [0.2, 0.25) is 0 Å². The number of halogens is 2. The smallest absolute Gasteiger partial charge is 0.135 e. The van der Waals surface area contributed by atoms with Gasteiger partial charge in [-0.25, -0.2) is 4.21 Å². The summed E-state index contributed by atoms with van der Waals surface area (Å²) < 4.78 is 19.3. The maximum absolute atomic E-state index is 14.2. The van der Waals surface area contributed by atoms with Crippen molar-refractivity contribution in [3.8, 4) is 0 Å². The molecule has 3 rings (SSSR count). The first-order chi connectivity index (χ1) is 11.3. The minimum absolute atomic E-state index is 0.408. The normalized spacial score (nSPS) is 23.9. The Kier molecular flexibility index (Phi) is 5.51. The third-order valence-electron chi connectivity index (χ3n) is 4.91. The summed E-state index contributed by atoms with van der Waals surface area (Å²) in [6, 6.07) is 8.08. The molecule has 2 aliphatic rings. The molecule has 4 nitrogen and oxygen atoms in total. The lowest BCUT2D eigenvalue weighted by Gasteiger charge is -2.50. The number of hydrogen-bond acceptors (Lipinski definition) is 3. The molecule has 1 spiro atoms. The molecule has 0 atom stereocenters. The first-order valence-electron chi connectivity index (χ1n) is 8.19. The van der Waals surface area contributed by atoms with E-state index in [2.05, 4.69) is 65.1 Å². The van der Waals surface area contributed by atoms with Crippen LogP contribution in [0.25, 0.3) is 0 Å². The van der Waals surface area contributed by atoms with E-state index in [0.717, 1.165) is 37.4 Å². The van der Waals surface area contributed by atoms with Gasteiger partial charge in [0.1, 0.15) is 5.72 Å². The first-order valence-corrected chi connectivity index (χ1v) is 15.2. The summed E-state index contributed by atoms with van der Waals surface area (Å²) in [6.45, 7) is 10.0. The van der Waals surface area contributed by atoms with E-state index in [1.54, 1.807) is 0 Å². The summed E-state index contributed by atoms with van der Waals surface area (Å²) in [5.74, 6) is 0. The minimum atomic E-state index is -3.21. The second kappa shape index (κ2) is 6.88. The van der Waals surface area contributed by atoms with Gasteiger partial charge in [0, 0.05) is 86.3 Å². The number of piperidine rings is 1. The van der Waals surface area contributed by atoms with Crippen LogP contribution in [-0.2, 0) is 8.33 Å². The van der Waals surface area contributed by atoms with Crippen LogP contribution in [0.4, 0.5) is 0 Å². The molecule has 0 unspecified atom stereocenters. The fraction of sp³-hybridized carbons (Fsp3) is 0.529. The van der Waals surface area contributed by atoms with Crippen molar-refractivity contribution in [1.29, 1.82) is 0 Å². The van der Waals surface area contributed by atoms with Crippen LogP contribution in [0.1, 0.15) is 18.4 Å². The highest BCUT2D eigenvalue weighted by Crippen LogP contribution is 2.58. The Morgan fingerprint density at radius 2 is 1.88 bits per heavy atom. The monoisotopic (exact) mass is 574 g/mol. The molecule has 1 aromatic rings. The van der Waals surface area contributed by atoms with Gasteiger partial charge in [0.05, 0.1) is 10.2 Å². The number of benzene rings is 1. The average Bonchev–Trinajstić information content (AvgIpc) is 2.95. The molecule has 2 saturated heterocycles. The molecule has 0 aromatic heterocycles. The highest BCUT2D eigenvalue weighted by atomic mass is 127. The molecule has 2 aliphatic heterocycles. The number of likely N-dealkylation sites (tertiary alicyclic amines) is 1. The maximum Gasteiger partial charge on any atom is 0.135 e. The fourth-order valence-corrected chi connectivity index (χ4v) is 10.7. The third-order valence-corrected chi connectivity index (χ3v) is 13.1. The number of hydrogen-bond donors (Lipinski definition) is 0. The number of ether oxygens (including phenoxy) is 1. The van der Waals surface area contributed by atoms with E-state index in [9.17, 15) is 4.21 Å². The van der Waals surface area contributed by atoms with Crippen molar-refractivity contribution in [2.24, 2.45) is 0 Å². The molecule has 1 aromatic carbocycles. The molecule has 0 radical (unpaired) electrons. The van der Waals surface area contributed by atoms with Crippen LogP contribution in [-0.4, -0.2) is 51.9 Å². The predicted molar refractivity (Wildman–Crippen MR) is 117 cm³/mol. The molecular weight excluding hydrogens is 550 g/mol. The molecule has 2 heterocycles. The lowest BCUT2D eigenvalue weighted by Crippen LogP contribution is -2.58. The van der Waals surface area contributed by atoms with E-state index in [1.807, 2.05) is 30.3 Å². The minimum Gasteiger partial charge on any atom is -0.358 e. The molecule has 0 bridgehead atoms. The van der Waals surface area contributed by atoms with E-state index in [-0.39, 0.29) is 0 Å². The second-order valence-corrected chi connectivity index (χ2v) is 23.8. The number of aryl methyl sites for hydroxylation is 1. The highest BCUT2D eigenvalue weighted by Gasteiger charge is 2.55. The van der Waals surface area contributed by atoms with E-state index in [0.29, 0.717) is 13.2 Å². The van der Waals surface area contributed by atoms with Gasteiger partial charge < -0.3 is 4.74 Å². The molecular formula is C17H24I2N2O2S. The van der Waals surface area contributed by atoms with Gasteiger partial charge in [0.2, 0.25) is 0 Å². The maximum atomic E-state index is 14.2. The van der Waals surface area contributed by atoms with Crippen LogP contribution >= 0.6 is 42.4 Å². The zero-order valence-corrected chi connectivity index (χ0v) is 19.1. The van der Waals surface area contributed by atoms with Gasteiger partial charge in [-0.2, -0.15) is 4.31 Å². The molecule has 134 valence electrons. The summed E-state index contributed by atoms with van der Waals surface area (Å²) in [4.78, 5) is 3.26. The van der Waals surface area contributed by atoms with Crippen LogP contribution in [0, 0.1) is 6.92 Å². The molecule has 24 heavy (non-hydrogen) atoms. The van der Waals surface area contributed by atoms with Crippen molar-refractivity contribution in [3.05, 3.63) is 42.5 Å². The van der Waals surface area contributed by atoms with E-state index < -0.39 is 9.32 Å². The van der Waals surface area contributed by atoms with Gasteiger partial charge >= 0.3 is 0 Å². The second-order valence-electron chi connectivity index (χ2n) is 6.52. The topological polar surface area (TPSA) is 32.8 Å². The highest BCUT2D eigenvalue weighted by molar-refractivity contribution is 14.3. The van der Waals surface area contributed by atoms with Crippen molar-refractivity contribution in [1.82, 2.24) is 9.21 Å². The van der Waals surface area contributed by atoms with Crippen LogP contribution in [0.3, 0.4) is 0 Å². The molecule has 0 saturated carbocycles. The van der Waals surface area contributed by atoms with Gasteiger partial charge in [-0.1, -0.05) is 23.8 Å². The average molecular weight is 574 g/mol. The van der Waals surface area contributed by atoms with Crippen LogP contribution < -0.4 is 0 Å². The van der Waals surface area contributed by atoms with Crippen molar-refractivity contribution < 1.29 is 8.95 Å².